The van der Waals surface area contributed by atoms with Gasteiger partial charge in [0.05, 0.1) is 11.5 Å². The van der Waals surface area contributed by atoms with Gasteiger partial charge in [0.2, 0.25) is 5.91 Å². The van der Waals surface area contributed by atoms with Crippen molar-refractivity contribution in [2.45, 2.75) is 71.0 Å². The maximum Gasteiger partial charge on any atom is 0.261 e. The van der Waals surface area contributed by atoms with Crippen LogP contribution in [0.1, 0.15) is 54.9 Å². The fraction of sp³-hybridized carbons (Fsp3) is 0.359. The summed E-state index contributed by atoms with van der Waals surface area (Å²) in [6, 6.07) is 40.6. The van der Waals surface area contributed by atoms with Crippen molar-refractivity contribution in [2.24, 2.45) is 16.3 Å². The van der Waals surface area contributed by atoms with Crippen molar-refractivity contribution in [3.05, 3.63) is 132 Å². The Morgan fingerprint density at radius 3 is 1.29 bits per heavy atom. The molecule has 7 nitrogen and oxygen atoms in total. The van der Waals surface area contributed by atoms with Crippen LogP contribution in [0.4, 0.5) is 0 Å². The van der Waals surface area contributed by atoms with Crippen LogP contribution in [0.5, 0.6) is 0 Å². The number of hydrogen-bond donors (Lipinski definition) is 1. The molecule has 2 N–H and O–H groups in total. The van der Waals surface area contributed by atoms with E-state index in [1.165, 1.54) is 0 Å². The second-order valence-electron chi connectivity index (χ2n) is 14.9. The number of azide groups is 1. The van der Waals surface area contributed by atoms with E-state index in [1.807, 2.05) is 79.7 Å². The molecule has 0 spiro atoms. The molecule has 0 bridgehead atoms. The van der Waals surface area contributed by atoms with Crippen LogP contribution in [-0.2, 0) is 13.6 Å². The van der Waals surface area contributed by atoms with Crippen LogP contribution in [0, 0.1) is 5.41 Å². The van der Waals surface area contributed by atoms with Crippen molar-refractivity contribution in [1.82, 2.24) is 0 Å². The summed E-state index contributed by atoms with van der Waals surface area (Å²) in [5.74, 6) is -0.510. The summed E-state index contributed by atoms with van der Waals surface area (Å²) in [4.78, 5) is 16.6. The molecule has 0 aliphatic heterocycles. The fourth-order valence-corrected chi connectivity index (χ4v) is 16.3. The molecule has 0 aliphatic rings. The molecule has 4 aromatic rings. The quantitative estimate of drug-likeness (QED) is 0.0694. The number of benzene rings is 4. The van der Waals surface area contributed by atoms with Crippen molar-refractivity contribution in [2.75, 3.05) is 13.2 Å². The van der Waals surface area contributed by atoms with Gasteiger partial charge in [-0.1, -0.05) is 168 Å². The summed E-state index contributed by atoms with van der Waals surface area (Å²) in [7, 11) is -5.90. The molecule has 0 unspecified atom stereocenters. The molecule has 4 aromatic carbocycles. The average Bonchev–Trinajstić information content (AvgIpc) is 3.06. The Balaban J connectivity index is 1.73. The van der Waals surface area contributed by atoms with E-state index in [0.29, 0.717) is 0 Å². The van der Waals surface area contributed by atoms with Crippen LogP contribution >= 0.6 is 0 Å². The van der Waals surface area contributed by atoms with E-state index in [1.54, 1.807) is 0 Å². The smallest absolute Gasteiger partial charge is 0.261 e. The molecule has 48 heavy (non-hydrogen) atoms. The summed E-state index contributed by atoms with van der Waals surface area (Å²) in [5.41, 5.74) is 14.8. The monoisotopic (exact) mass is 678 g/mol. The molecule has 252 valence electrons. The van der Waals surface area contributed by atoms with Crippen molar-refractivity contribution in [3.63, 3.8) is 0 Å². The van der Waals surface area contributed by atoms with E-state index in [0.717, 1.165) is 20.7 Å². The minimum Gasteiger partial charge on any atom is -0.407 e. The lowest BCUT2D eigenvalue weighted by molar-refractivity contribution is -0.129. The van der Waals surface area contributed by atoms with E-state index in [9.17, 15) is 10.3 Å². The highest BCUT2D eigenvalue weighted by Crippen LogP contribution is 2.40. The van der Waals surface area contributed by atoms with Crippen LogP contribution in [0.2, 0.25) is 10.1 Å². The highest BCUT2D eigenvalue weighted by Gasteiger charge is 2.53. The number of hydrogen-bond acceptors (Lipinski definition) is 4. The van der Waals surface area contributed by atoms with Gasteiger partial charge in [-0.15, -0.1) is 0 Å². The first-order valence-corrected chi connectivity index (χ1v) is 20.4. The van der Waals surface area contributed by atoms with Gasteiger partial charge in [-0.3, -0.25) is 4.79 Å². The minimum atomic E-state index is -2.97. The van der Waals surface area contributed by atoms with Gasteiger partial charge in [0.1, 0.15) is 0 Å². The van der Waals surface area contributed by atoms with Gasteiger partial charge in [0.15, 0.2) is 0 Å². The third-order valence-electron chi connectivity index (χ3n) is 9.43. The Hall–Kier alpha value is -3.99. The van der Waals surface area contributed by atoms with Crippen LogP contribution in [-0.4, -0.2) is 41.8 Å². The Morgan fingerprint density at radius 1 is 0.667 bits per heavy atom. The van der Waals surface area contributed by atoms with Gasteiger partial charge in [0, 0.05) is 18.1 Å². The zero-order chi connectivity index (χ0) is 35.1. The molecule has 2 atom stereocenters. The molecule has 0 aliphatic carbocycles. The lowest BCUT2D eigenvalue weighted by atomic mass is 9.84. The lowest BCUT2D eigenvalue weighted by Crippen LogP contribution is -2.67. The Labute approximate surface area is 288 Å². The number of rotatable bonds is 14. The van der Waals surface area contributed by atoms with Crippen molar-refractivity contribution in [3.8, 4) is 0 Å². The fourth-order valence-electron chi connectivity index (χ4n) is 6.97. The number of primary amides is 1. The predicted molar refractivity (Wildman–Crippen MR) is 202 cm³/mol. The first-order valence-electron chi connectivity index (χ1n) is 16.6. The highest BCUT2D eigenvalue weighted by molar-refractivity contribution is 7.00. The molecular formula is C39H50N4O3Si2. The van der Waals surface area contributed by atoms with Crippen molar-refractivity contribution in [1.29, 1.82) is 0 Å². The normalized spacial score (nSPS) is 14.4. The lowest BCUT2D eigenvalue weighted by Gasteiger charge is -2.45. The molecule has 0 heterocycles. The van der Waals surface area contributed by atoms with Crippen LogP contribution in [0.15, 0.2) is 126 Å². The van der Waals surface area contributed by atoms with Gasteiger partial charge < -0.3 is 14.6 Å². The first-order chi connectivity index (χ1) is 22.7. The summed E-state index contributed by atoms with van der Waals surface area (Å²) in [6.45, 7) is 15.2. The van der Waals surface area contributed by atoms with Crippen molar-refractivity contribution < 1.29 is 13.6 Å². The van der Waals surface area contributed by atoms with E-state index < -0.39 is 34.0 Å². The molecule has 1 amide bonds. The standard InChI is InChI=1S/C39H50N4O3Si2/c1-37(2,3)47(32-20-12-8-13-21-32,33-22-14-9-15-23-33)45-29-31(42-43-41)28-39(7,36(40)44)30-46-48(38(4,5)6,34-24-16-10-17-25-34)35-26-18-11-19-27-35/h8-27,31H,28-30H2,1-7H3,(H2,40,44)/t31-,39+/m0/s1. The molecular weight excluding hydrogens is 629 g/mol. The third-order valence-corrected chi connectivity index (χ3v) is 19.4. The van der Waals surface area contributed by atoms with Gasteiger partial charge >= 0.3 is 0 Å². The SMILES string of the molecule is CC(C)(C)[Si](OC[C@H](C[C@](C)(CO[Si](c1ccccc1)(c1ccccc1)C(C)(C)C)C(N)=O)N=[N+]=[N-])(c1ccccc1)c1ccccc1. The maximum absolute atomic E-state index is 13.4. The van der Waals surface area contributed by atoms with Gasteiger partial charge in [-0.05, 0) is 49.7 Å². The van der Waals surface area contributed by atoms with Crippen LogP contribution < -0.4 is 26.5 Å². The topological polar surface area (TPSA) is 110 Å². The Kier molecular flexibility index (Phi) is 11.6. The molecule has 0 fully saturated rings. The van der Waals surface area contributed by atoms with Gasteiger partial charge in [-0.25, -0.2) is 0 Å². The second kappa shape index (κ2) is 15.1. The number of nitrogens with zero attached hydrogens (tertiary/aromatic N) is 3. The average molecular weight is 679 g/mol. The molecule has 0 saturated carbocycles. The summed E-state index contributed by atoms with van der Waals surface area (Å²) < 4.78 is 14.3. The summed E-state index contributed by atoms with van der Waals surface area (Å²) in [6.07, 6.45) is 0.169. The number of carbonyl (C=O) groups excluding carboxylic acids is 1. The van der Waals surface area contributed by atoms with E-state index in [-0.39, 0.29) is 29.7 Å². The Bertz CT molecular complexity index is 1590. The third kappa shape index (κ3) is 7.51. The van der Waals surface area contributed by atoms with E-state index in [4.69, 9.17) is 14.6 Å². The largest absolute Gasteiger partial charge is 0.407 e. The number of nitrogens with two attached hydrogens (primary N) is 1. The zero-order valence-electron chi connectivity index (χ0n) is 29.4. The molecule has 0 radical (unpaired) electrons. The van der Waals surface area contributed by atoms with E-state index in [2.05, 4.69) is 100 Å². The molecule has 0 aromatic heterocycles. The first kappa shape index (κ1) is 36.8. The number of amides is 1. The Morgan fingerprint density at radius 2 is 1.00 bits per heavy atom. The summed E-state index contributed by atoms with van der Waals surface area (Å²) >= 11 is 0. The van der Waals surface area contributed by atoms with Gasteiger partial charge in [-0.2, -0.15) is 0 Å². The van der Waals surface area contributed by atoms with Crippen molar-refractivity contribution >= 4 is 43.3 Å². The summed E-state index contributed by atoms with van der Waals surface area (Å²) in [5, 5.41) is 8.10. The van der Waals surface area contributed by atoms with Gasteiger partial charge in [0.25, 0.3) is 16.6 Å². The molecule has 9 heteroatoms. The number of carbonyl (C=O) groups is 1. The molecule has 4 rings (SSSR count). The molecule has 0 saturated heterocycles. The maximum atomic E-state index is 13.4. The highest BCUT2D eigenvalue weighted by atomic mass is 28.4. The minimum absolute atomic E-state index is 0.0618. The van der Waals surface area contributed by atoms with Crippen LogP contribution in [0.25, 0.3) is 10.4 Å². The second-order valence-corrected chi connectivity index (χ2v) is 23.5. The predicted octanol–water partition coefficient (Wildman–Crippen LogP) is 6.70. The zero-order valence-corrected chi connectivity index (χ0v) is 31.4. The van der Waals surface area contributed by atoms with E-state index >= 15 is 0 Å². The van der Waals surface area contributed by atoms with Crippen LogP contribution in [0.3, 0.4) is 0 Å².